The van der Waals surface area contributed by atoms with Gasteiger partial charge in [-0.05, 0) is 24.1 Å². The third-order valence-corrected chi connectivity index (χ3v) is 2.46. The van der Waals surface area contributed by atoms with Crippen molar-refractivity contribution in [2.75, 3.05) is 5.32 Å². The average molecular weight is 250 g/mol. The van der Waals surface area contributed by atoms with E-state index in [1.807, 2.05) is 6.92 Å². The fraction of sp³-hybridized carbons (Fsp3) is 0.333. The van der Waals surface area contributed by atoms with Gasteiger partial charge in [0.05, 0.1) is 6.04 Å². The monoisotopic (exact) mass is 250 g/mol. The Kier molecular flexibility index (Phi) is 5.13. The number of urea groups is 1. The Morgan fingerprint density at radius 2 is 1.89 bits per heavy atom. The summed E-state index contributed by atoms with van der Waals surface area (Å²) in [6.45, 7) is 2.21. The number of carbonyl (C=O) groups excluding carboxylic acids is 2. The van der Waals surface area contributed by atoms with E-state index in [0.717, 1.165) is 5.56 Å². The zero-order valence-corrected chi connectivity index (χ0v) is 10.3. The molecule has 0 aliphatic carbocycles. The number of primary amides is 1. The van der Waals surface area contributed by atoms with Crippen LogP contribution < -0.4 is 22.1 Å². The molecule has 0 aliphatic heterocycles. The van der Waals surface area contributed by atoms with Gasteiger partial charge in [-0.25, -0.2) is 4.79 Å². The van der Waals surface area contributed by atoms with Crippen LogP contribution in [0.3, 0.4) is 0 Å². The van der Waals surface area contributed by atoms with Crippen molar-refractivity contribution in [1.82, 2.24) is 5.32 Å². The van der Waals surface area contributed by atoms with Crippen LogP contribution in [0.25, 0.3) is 0 Å². The van der Waals surface area contributed by atoms with E-state index in [9.17, 15) is 9.59 Å². The molecule has 1 atom stereocenters. The van der Waals surface area contributed by atoms with Gasteiger partial charge in [0.15, 0.2) is 0 Å². The van der Waals surface area contributed by atoms with Gasteiger partial charge >= 0.3 is 6.03 Å². The van der Waals surface area contributed by atoms with Crippen LogP contribution in [0.15, 0.2) is 24.3 Å². The normalized spacial score (nSPS) is 11.7. The van der Waals surface area contributed by atoms with Crippen molar-refractivity contribution >= 4 is 17.6 Å². The maximum Gasteiger partial charge on any atom is 0.312 e. The summed E-state index contributed by atoms with van der Waals surface area (Å²) in [6, 6.07) is 6.02. The predicted octanol–water partition coefficient (Wildman–Crippen LogP) is 0.531. The molecule has 0 aromatic heterocycles. The molecule has 18 heavy (non-hydrogen) atoms. The summed E-state index contributed by atoms with van der Waals surface area (Å²) in [7, 11) is 0. The van der Waals surface area contributed by atoms with E-state index in [1.54, 1.807) is 24.3 Å². The van der Waals surface area contributed by atoms with E-state index >= 15 is 0 Å². The van der Waals surface area contributed by atoms with Crippen molar-refractivity contribution in [3.63, 3.8) is 0 Å². The molecule has 1 aromatic carbocycles. The van der Waals surface area contributed by atoms with Gasteiger partial charge in [-0.2, -0.15) is 0 Å². The van der Waals surface area contributed by atoms with E-state index in [0.29, 0.717) is 18.7 Å². The average Bonchev–Trinajstić information content (AvgIpc) is 2.36. The summed E-state index contributed by atoms with van der Waals surface area (Å²) in [5, 5.41) is 5.19. The van der Waals surface area contributed by atoms with Gasteiger partial charge in [0, 0.05) is 12.2 Å². The maximum atomic E-state index is 11.5. The maximum absolute atomic E-state index is 11.5. The Hall–Kier alpha value is -2.08. The van der Waals surface area contributed by atoms with E-state index in [1.165, 1.54) is 0 Å². The van der Waals surface area contributed by atoms with Crippen molar-refractivity contribution in [3.8, 4) is 0 Å². The van der Waals surface area contributed by atoms with Gasteiger partial charge < -0.3 is 22.1 Å². The molecule has 6 nitrogen and oxygen atoms in total. The molecule has 98 valence electrons. The minimum atomic E-state index is -0.568. The zero-order chi connectivity index (χ0) is 13.5. The fourth-order valence-corrected chi connectivity index (χ4v) is 1.32. The molecule has 0 unspecified atom stereocenters. The Morgan fingerprint density at radius 3 is 2.39 bits per heavy atom. The highest BCUT2D eigenvalue weighted by atomic mass is 16.2. The highest BCUT2D eigenvalue weighted by Gasteiger charge is 2.10. The molecule has 0 spiro atoms. The molecule has 0 heterocycles. The van der Waals surface area contributed by atoms with E-state index in [4.69, 9.17) is 11.5 Å². The van der Waals surface area contributed by atoms with Crippen molar-refractivity contribution in [2.24, 2.45) is 11.5 Å². The first-order valence-corrected chi connectivity index (χ1v) is 5.71. The minimum absolute atomic E-state index is 0.208. The SMILES string of the molecule is CC[C@H](N)C(=O)Nc1ccc(CNC(N)=O)cc1. The second-order valence-corrected chi connectivity index (χ2v) is 3.92. The predicted molar refractivity (Wildman–Crippen MR) is 69.8 cm³/mol. The number of carbonyl (C=O) groups is 2. The number of rotatable bonds is 5. The minimum Gasteiger partial charge on any atom is -0.352 e. The van der Waals surface area contributed by atoms with Crippen LogP contribution in [-0.4, -0.2) is 18.0 Å². The van der Waals surface area contributed by atoms with Crippen molar-refractivity contribution < 1.29 is 9.59 Å². The highest BCUT2D eigenvalue weighted by Crippen LogP contribution is 2.10. The molecule has 6 heteroatoms. The van der Waals surface area contributed by atoms with Crippen LogP contribution in [0.5, 0.6) is 0 Å². The molecule has 1 rings (SSSR count). The smallest absolute Gasteiger partial charge is 0.312 e. The lowest BCUT2D eigenvalue weighted by Gasteiger charge is -2.10. The topological polar surface area (TPSA) is 110 Å². The lowest BCUT2D eigenvalue weighted by atomic mass is 10.2. The second kappa shape index (κ2) is 6.61. The van der Waals surface area contributed by atoms with Crippen molar-refractivity contribution in [3.05, 3.63) is 29.8 Å². The number of hydrogen-bond donors (Lipinski definition) is 4. The van der Waals surface area contributed by atoms with Crippen LogP contribution in [0.1, 0.15) is 18.9 Å². The van der Waals surface area contributed by atoms with Gasteiger partial charge in [0.25, 0.3) is 0 Å². The molecule has 0 fully saturated rings. The largest absolute Gasteiger partial charge is 0.352 e. The first-order valence-electron chi connectivity index (χ1n) is 5.71. The number of hydrogen-bond acceptors (Lipinski definition) is 3. The quantitative estimate of drug-likeness (QED) is 0.611. The van der Waals surface area contributed by atoms with Crippen molar-refractivity contribution in [2.45, 2.75) is 25.9 Å². The molecule has 1 aromatic rings. The number of anilines is 1. The summed E-state index contributed by atoms with van der Waals surface area (Å²) < 4.78 is 0. The second-order valence-electron chi connectivity index (χ2n) is 3.92. The van der Waals surface area contributed by atoms with Gasteiger partial charge in [-0.15, -0.1) is 0 Å². The molecule has 6 N–H and O–H groups in total. The van der Waals surface area contributed by atoms with Gasteiger partial charge in [0.1, 0.15) is 0 Å². The molecule has 3 amide bonds. The molecular formula is C12H18N4O2. The van der Waals surface area contributed by atoms with Gasteiger partial charge in [-0.3, -0.25) is 4.79 Å². The lowest BCUT2D eigenvalue weighted by Crippen LogP contribution is -2.34. The Morgan fingerprint density at radius 1 is 1.28 bits per heavy atom. The molecule has 0 radical (unpaired) electrons. The van der Waals surface area contributed by atoms with Crippen LogP contribution in [0.2, 0.25) is 0 Å². The Bertz CT molecular complexity index is 417. The van der Waals surface area contributed by atoms with Crippen LogP contribution >= 0.6 is 0 Å². The van der Waals surface area contributed by atoms with Gasteiger partial charge in [0.2, 0.25) is 5.91 Å². The number of nitrogens with two attached hydrogens (primary N) is 2. The number of amides is 3. The van der Waals surface area contributed by atoms with Crippen LogP contribution in [0, 0.1) is 0 Å². The van der Waals surface area contributed by atoms with Crippen LogP contribution in [-0.2, 0) is 11.3 Å². The van der Waals surface area contributed by atoms with E-state index in [-0.39, 0.29) is 5.91 Å². The Labute approximate surface area is 106 Å². The van der Waals surface area contributed by atoms with Gasteiger partial charge in [-0.1, -0.05) is 19.1 Å². The van der Waals surface area contributed by atoms with E-state index < -0.39 is 12.1 Å². The summed E-state index contributed by atoms with van der Waals surface area (Å²) in [4.78, 5) is 22.1. The molecule has 0 bridgehead atoms. The first kappa shape index (κ1) is 14.0. The third-order valence-electron chi connectivity index (χ3n) is 2.46. The summed E-state index contributed by atoms with van der Waals surface area (Å²) in [5.74, 6) is -0.208. The fourth-order valence-electron chi connectivity index (χ4n) is 1.32. The third kappa shape index (κ3) is 4.42. The summed E-state index contributed by atoms with van der Waals surface area (Å²) in [5.41, 5.74) is 12.1. The van der Waals surface area contributed by atoms with Crippen molar-refractivity contribution in [1.29, 1.82) is 0 Å². The summed E-state index contributed by atoms with van der Waals surface area (Å²) in [6.07, 6.45) is 0.590. The standard InChI is InChI=1S/C12H18N4O2/c1-2-10(13)11(17)16-9-5-3-8(4-6-9)7-15-12(14)18/h3-6,10H,2,7,13H2,1H3,(H,16,17)(H3,14,15,18)/t10-/m0/s1. The first-order chi connectivity index (χ1) is 8.52. The molecule has 0 saturated carbocycles. The number of benzene rings is 1. The molecular weight excluding hydrogens is 232 g/mol. The highest BCUT2D eigenvalue weighted by molar-refractivity contribution is 5.94. The number of nitrogens with one attached hydrogen (secondary N) is 2. The Balaban J connectivity index is 2.55. The molecule has 0 saturated heterocycles. The van der Waals surface area contributed by atoms with Crippen LogP contribution in [0.4, 0.5) is 10.5 Å². The lowest BCUT2D eigenvalue weighted by molar-refractivity contribution is -0.117. The molecule has 0 aliphatic rings. The van der Waals surface area contributed by atoms with E-state index in [2.05, 4.69) is 10.6 Å². The summed E-state index contributed by atoms with van der Waals surface area (Å²) >= 11 is 0. The zero-order valence-electron chi connectivity index (χ0n) is 10.3.